The Bertz CT molecular complexity index is 767. The van der Waals surface area contributed by atoms with Gasteiger partial charge in [-0.15, -0.1) is 0 Å². The van der Waals surface area contributed by atoms with Crippen molar-refractivity contribution >= 4 is 25.3 Å². The van der Waals surface area contributed by atoms with Crippen LogP contribution in [0.25, 0.3) is 0 Å². The summed E-state index contributed by atoms with van der Waals surface area (Å²) in [6, 6.07) is 14.4. The minimum absolute atomic E-state index is 0. The van der Waals surface area contributed by atoms with Crippen LogP contribution in [0.5, 0.6) is 5.75 Å². The molecule has 7 heteroatoms. The lowest BCUT2D eigenvalue weighted by Crippen LogP contribution is -2.34. The molecule has 0 saturated carbocycles. The van der Waals surface area contributed by atoms with E-state index in [0.29, 0.717) is 24.5 Å². The van der Waals surface area contributed by atoms with E-state index in [9.17, 15) is 9.59 Å². The Labute approximate surface area is 152 Å². The van der Waals surface area contributed by atoms with Gasteiger partial charge in [-0.25, -0.2) is 5.48 Å². The zero-order valence-electron chi connectivity index (χ0n) is 13.7. The molecule has 2 aromatic carbocycles. The maximum absolute atomic E-state index is 12.1. The highest BCUT2D eigenvalue weighted by atomic mass is 32.1. The normalized spacial score (nSPS) is 15.9. The minimum atomic E-state index is -0.603. The van der Waals surface area contributed by atoms with Crippen molar-refractivity contribution in [1.29, 1.82) is 0 Å². The molecule has 25 heavy (non-hydrogen) atoms. The number of hydroxylamine groups is 1. The highest BCUT2D eigenvalue weighted by Gasteiger charge is 2.28. The highest BCUT2D eigenvalue weighted by molar-refractivity contribution is 7.59. The number of amides is 2. The van der Waals surface area contributed by atoms with Crippen LogP contribution >= 0.6 is 13.5 Å². The van der Waals surface area contributed by atoms with Gasteiger partial charge in [0.15, 0.2) is 0 Å². The Morgan fingerprint density at radius 1 is 1.20 bits per heavy atom. The number of nitrogens with one attached hydrogen (secondary N) is 1. The second-order valence-electron chi connectivity index (χ2n) is 5.65. The average Bonchev–Trinajstić information content (AvgIpc) is 2.81. The fraction of sp³-hybridized carbons (Fsp3) is 0.222. The predicted molar refractivity (Wildman–Crippen MR) is 97.0 cm³/mol. The summed E-state index contributed by atoms with van der Waals surface area (Å²) in [6.07, 6.45) is 0. The molecule has 0 aromatic heterocycles. The molecule has 6 nitrogen and oxygen atoms in total. The monoisotopic (exact) mass is 360 g/mol. The van der Waals surface area contributed by atoms with Crippen molar-refractivity contribution in [2.75, 3.05) is 6.61 Å². The molecule has 0 fully saturated rings. The third-order valence-electron chi connectivity index (χ3n) is 4.13. The number of benzene rings is 2. The first kappa shape index (κ1) is 18.8. The van der Waals surface area contributed by atoms with Crippen molar-refractivity contribution in [3.05, 3.63) is 65.2 Å². The lowest BCUT2D eigenvalue weighted by Gasteiger charge is -2.28. The maximum atomic E-state index is 12.1. The summed E-state index contributed by atoms with van der Waals surface area (Å²) in [4.78, 5) is 25.5. The number of carbonyl (C=O) groups excluding carboxylic acids is 2. The molecular weight excluding hydrogens is 340 g/mol. The van der Waals surface area contributed by atoms with Crippen molar-refractivity contribution in [3.8, 4) is 5.75 Å². The molecular formula is C18H20N2O4S. The van der Waals surface area contributed by atoms with Crippen LogP contribution in [-0.4, -0.2) is 28.5 Å². The third-order valence-corrected chi connectivity index (χ3v) is 4.13. The van der Waals surface area contributed by atoms with E-state index in [4.69, 9.17) is 9.94 Å². The first-order valence-corrected chi connectivity index (χ1v) is 7.62. The summed E-state index contributed by atoms with van der Waals surface area (Å²) >= 11 is 0. The Hall–Kier alpha value is -2.51. The van der Waals surface area contributed by atoms with Crippen molar-refractivity contribution in [2.45, 2.75) is 19.5 Å². The molecule has 1 heterocycles. The van der Waals surface area contributed by atoms with E-state index < -0.39 is 5.91 Å². The van der Waals surface area contributed by atoms with Gasteiger partial charge in [-0.2, -0.15) is 13.5 Å². The lowest BCUT2D eigenvalue weighted by atomic mass is 10.1. The molecule has 2 amide bonds. The molecule has 3 rings (SSSR count). The lowest BCUT2D eigenvalue weighted by molar-refractivity contribution is -0.132. The number of rotatable bonds is 2. The summed E-state index contributed by atoms with van der Waals surface area (Å²) in [5, 5.41) is 8.76. The Kier molecular flexibility index (Phi) is 6.06. The van der Waals surface area contributed by atoms with Crippen molar-refractivity contribution in [3.63, 3.8) is 0 Å². The summed E-state index contributed by atoms with van der Waals surface area (Å²) in [6.45, 7) is 2.22. The number of fused-ring (bicyclic) bond motifs is 1. The number of carbonyl (C=O) groups is 2. The van der Waals surface area contributed by atoms with Gasteiger partial charge in [0.2, 0.25) is 5.91 Å². The highest BCUT2D eigenvalue weighted by Crippen LogP contribution is 2.32. The number of nitrogens with zero attached hydrogens (tertiary/aromatic N) is 1. The molecule has 0 bridgehead atoms. The minimum Gasteiger partial charge on any atom is -0.491 e. The van der Waals surface area contributed by atoms with Crippen LogP contribution in [0, 0.1) is 0 Å². The van der Waals surface area contributed by atoms with Gasteiger partial charge in [-0.1, -0.05) is 36.4 Å². The van der Waals surface area contributed by atoms with Crippen LogP contribution in [0.2, 0.25) is 0 Å². The zero-order chi connectivity index (χ0) is 17.1. The fourth-order valence-corrected chi connectivity index (χ4v) is 2.86. The van der Waals surface area contributed by atoms with E-state index in [-0.39, 0.29) is 25.4 Å². The maximum Gasteiger partial charge on any atom is 0.274 e. The van der Waals surface area contributed by atoms with Crippen LogP contribution in [0.4, 0.5) is 0 Å². The molecule has 1 aliphatic heterocycles. The van der Waals surface area contributed by atoms with Gasteiger partial charge in [0.25, 0.3) is 5.91 Å². The standard InChI is InChI=1S/C18H18N2O4.H2S/c1-12(21)20-10-15-8-7-14(18(22)19-23)9-17(15)24-11-16(20)13-5-3-2-4-6-13;/h2-9,16,23H,10-11H2,1H3,(H,19,22);1H2/t16-;/m1./s1. The van der Waals surface area contributed by atoms with Gasteiger partial charge in [0, 0.05) is 18.1 Å². The second kappa shape index (κ2) is 8.04. The van der Waals surface area contributed by atoms with Gasteiger partial charge in [-0.3, -0.25) is 14.8 Å². The van der Waals surface area contributed by atoms with Crippen molar-refractivity contribution < 1.29 is 19.5 Å². The Morgan fingerprint density at radius 3 is 2.56 bits per heavy atom. The van der Waals surface area contributed by atoms with Crippen LogP contribution in [-0.2, 0) is 11.3 Å². The van der Waals surface area contributed by atoms with E-state index in [1.165, 1.54) is 6.92 Å². The smallest absolute Gasteiger partial charge is 0.274 e. The SMILES string of the molecule is CC(=O)N1Cc2ccc(C(=O)NO)cc2OC[C@@H]1c1ccccc1.S. The molecule has 0 radical (unpaired) electrons. The first-order valence-electron chi connectivity index (χ1n) is 7.62. The molecule has 1 aliphatic rings. The van der Waals surface area contributed by atoms with E-state index in [0.717, 1.165) is 11.1 Å². The van der Waals surface area contributed by atoms with Crippen LogP contribution in [0.15, 0.2) is 48.5 Å². The van der Waals surface area contributed by atoms with Crippen molar-refractivity contribution in [2.24, 2.45) is 0 Å². The van der Waals surface area contributed by atoms with E-state index in [1.807, 2.05) is 30.3 Å². The van der Waals surface area contributed by atoms with Crippen LogP contribution < -0.4 is 10.2 Å². The van der Waals surface area contributed by atoms with Gasteiger partial charge >= 0.3 is 0 Å². The molecule has 2 N–H and O–H groups in total. The second-order valence-corrected chi connectivity index (χ2v) is 5.65. The first-order chi connectivity index (χ1) is 11.6. The molecule has 1 atom stereocenters. The largest absolute Gasteiger partial charge is 0.491 e. The molecule has 0 spiro atoms. The van der Waals surface area contributed by atoms with Crippen LogP contribution in [0.1, 0.15) is 34.5 Å². The van der Waals surface area contributed by atoms with E-state index in [1.54, 1.807) is 28.6 Å². The van der Waals surface area contributed by atoms with E-state index >= 15 is 0 Å². The molecule has 0 aliphatic carbocycles. The summed E-state index contributed by atoms with van der Waals surface area (Å²) in [5.41, 5.74) is 3.71. The van der Waals surface area contributed by atoms with E-state index in [2.05, 4.69) is 0 Å². The van der Waals surface area contributed by atoms with Crippen molar-refractivity contribution in [1.82, 2.24) is 10.4 Å². The molecule has 0 saturated heterocycles. The summed E-state index contributed by atoms with van der Waals surface area (Å²) < 4.78 is 5.88. The fourth-order valence-electron chi connectivity index (χ4n) is 2.86. The summed E-state index contributed by atoms with van der Waals surface area (Å²) in [5.74, 6) is -0.105. The van der Waals surface area contributed by atoms with Gasteiger partial charge in [-0.05, 0) is 17.7 Å². The number of hydrogen-bond donors (Lipinski definition) is 2. The van der Waals surface area contributed by atoms with Gasteiger partial charge in [0.1, 0.15) is 12.4 Å². The molecule has 0 unspecified atom stereocenters. The average molecular weight is 360 g/mol. The van der Waals surface area contributed by atoms with Gasteiger partial charge in [0.05, 0.1) is 12.6 Å². The predicted octanol–water partition coefficient (Wildman–Crippen LogP) is 2.40. The quantitative estimate of drug-likeness (QED) is 0.637. The molecule has 132 valence electrons. The number of ether oxygens (including phenoxy) is 1. The van der Waals surface area contributed by atoms with Crippen LogP contribution in [0.3, 0.4) is 0 Å². The van der Waals surface area contributed by atoms with Gasteiger partial charge < -0.3 is 9.64 Å². The topological polar surface area (TPSA) is 78.9 Å². The number of hydrogen-bond acceptors (Lipinski definition) is 4. The zero-order valence-corrected chi connectivity index (χ0v) is 14.7. The summed E-state index contributed by atoms with van der Waals surface area (Å²) in [7, 11) is 0. The third kappa shape index (κ3) is 3.94. The Morgan fingerprint density at radius 2 is 1.92 bits per heavy atom. The Balaban J connectivity index is 0.00000225. The molecule has 2 aromatic rings.